The summed E-state index contributed by atoms with van der Waals surface area (Å²) < 4.78 is 5.46. The Morgan fingerprint density at radius 1 is 1.33 bits per heavy atom. The molecule has 1 atom stereocenters. The molecule has 1 unspecified atom stereocenters. The van der Waals surface area contributed by atoms with Crippen molar-refractivity contribution in [1.82, 2.24) is 10.5 Å². The topological polar surface area (TPSA) is 38.1 Å². The fourth-order valence-corrected chi connectivity index (χ4v) is 2.82. The average molecular weight is 206 g/mol. The summed E-state index contributed by atoms with van der Waals surface area (Å²) in [6, 6.07) is 0. The molecule has 1 aliphatic heterocycles. The SMILES string of the molecule is C1Cc2noc(CC3CCCNC3)c2C1. The average Bonchev–Trinajstić information content (AvgIpc) is 2.85. The van der Waals surface area contributed by atoms with Gasteiger partial charge in [-0.3, -0.25) is 0 Å². The molecule has 3 nitrogen and oxygen atoms in total. The van der Waals surface area contributed by atoms with Gasteiger partial charge in [0, 0.05) is 12.0 Å². The Morgan fingerprint density at radius 2 is 2.33 bits per heavy atom. The van der Waals surface area contributed by atoms with Crippen LogP contribution in [-0.2, 0) is 19.3 Å². The molecule has 0 saturated carbocycles. The van der Waals surface area contributed by atoms with E-state index in [1.54, 1.807) is 0 Å². The van der Waals surface area contributed by atoms with Crippen LogP contribution >= 0.6 is 0 Å². The van der Waals surface area contributed by atoms with E-state index in [2.05, 4.69) is 10.5 Å². The van der Waals surface area contributed by atoms with Crippen LogP contribution in [0.5, 0.6) is 0 Å². The predicted octanol–water partition coefficient (Wildman–Crippen LogP) is 1.71. The highest BCUT2D eigenvalue weighted by molar-refractivity contribution is 5.27. The summed E-state index contributed by atoms with van der Waals surface area (Å²) in [6.45, 7) is 2.33. The van der Waals surface area contributed by atoms with Gasteiger partial charge in [0.1, 0.15) is 5.76 Å². The highest BCUT2D eigenvalue weighted by atomic mass is 16.5. The zero-order valence-corrected chi connectivity index (χ0v) is 9.09. The summed E-state index contributed by atoms with van der Waals surface area (Å²) in [6.07, 6.45) is 7.32. The molecule has 82 valence electrons. The Labute approximate surface area is 90.2 Å². The molecule has 3 rings (SSSR count). The van der Waals surface area contributed by atoms with Crippen LogP contribution in [0.1, 0.15) is 36.3 Å². The number of nitrogens with zero attached hydrogens (tertiary/aromatic N) is 1. The van der Waals surface area contributed by atoms with Crippen LogP contribution < -0.4 is 5.32 Å². The summed E-state index contributed by atoms with van der Waals surface area (Å²) in [5, 5.41) is 7.62. The van der Waals surface area contributed by atoms with Crippen molar-refractivity contribution in [1.29, 1.82) is 0 Å². The van der Waals surface area contributed by atoms with Gasteiger partial charge in [0.2, 0.25) is 0 Å². The molecule has 2 heterocycles. The van der Waals surface area contributed by atoms with E-state index in [1.807, 2.05) is 0 Å². The third-order valence-corrected chi connectivity index (χ3v) is 3.66. The lowest BCUT2D eigenvalue weighted by atomic mass is 9.93. The van der Waals surface area contributed by atoms with E-state index in [-0.39, 0.29) is 0 Å². The minimum atomic E-state index is 0.761. The van der Waals surface area contributed by atoms with Gasteiger partial charge in [-0.1, -0.05) is 5.16 Å². The fourth-order valence-electron chi connectivity index (χ4n) is 2.82. The molecule has 0 spiro atoms. The van der Waals surface area contributed by atoms with Gasteiger partial charge in [-0.25, -0.2) is 0 Å². The molecular formula is C12H18N2O. The Balaban J connectivity index is 1.70. The van der Waals surface area contributed by atoms with Crippen molar-refractivity contribution in [3.05, 3.63) is 17.0 Å². The van der Waals surface area contributed by atoms with Crippen molar-refractivity contribution in [3.63, 3.8) is 0 Å². The lowest BCUT2D eigenvalue weighted by Gasteiger charge is -2.21. The van der Waals surface area contributed by atoms with Crippen molar-refractivity contribution in [2.45, 2.75) is 38.5 Å². The van der Waals surface area contributed by atoms with Gasteiger partial charge in [-0.15, -0.1) is 0 Å². The lowest BCUT2D eigenvalue weighted by molar-refractivity contribution is 0.316. The highest BCUT2D eigenvalue weighted by Gasteiger charge is 2.23. The first-order valence-corrected chi connectivity index (χ1v) is 6.10. The smallest absolute Gasteiger partial charge is 0.140 e. The monoisotopic (exact) mass is 206 g/mol. The third-order valence-electron chi connectivity index (χ3n) is 3.66. The summed E-state index contributed by atoms with van der Waals surface area (Å²) in [4.78, 5) is 0. The maximum Gasteiger partial charge on any atom is 0.140 e. The van der Waals surface area contributed by atoms with E-state index >= 15 is 0 Å². The second-order valence-corrected chi connectivity index (χ2v) is 4.80. The molecule has 0 radical (unpaired) electrons. The molecule has 2 aliphatic rings. The standard InChI is InChI=1S/C12H18N2O/c1-4-10-11(5-1)14-15-12(10)7-9-3-2-6-13-8-9/h9,13H,1-8H2. The summed E-state index contributed by atoms with van der Waals surface area (Å²) in [5.74, 6) is 1.94. The van der Waals surface area contributed by atoms with Crippen LogP contribution in [0, 0.1) is 5.92 Å². The Morgan fingerprint density at radius 3 is 3.20 bits per heavy atom. The van der Waals surface area contributed by atoms with E-state index in [1.165, 1.54) is 49.2 Å². The molecular weight excluding hydrogens is 188 g/mol. The quantitative estimate of drug-likeness (QED) is 0.800. The normalized spacial score (nSPS) is 25.5. The summed E-state index contributed by atoms with van der Waals surface area (Å²) in [7, 11) is 0. The molecule has 1 fully saturated rings. The second kappa shape index (κ2) is 3.97. The van der Waals surface area contributed by atoms with E-state index in [4.69, 9.17) is 4.52 Å². The van der Waals surface area contributed by atoms with E-state index in [9.17, 15) is 0 Å². The van der Waals surface area contributed by atoms with Crippen molar-refractivity contribution < 1.29 is 4.52 Å². The van der Waals surface area contributed by atoms with Crippen LogP contribution in [0.15, 0.2) is 4.52 Å². The molecule has 1 aromatic heterocycles. The predicted molar refractivity (Wildman–Crippen MR) is 57.8 cm³/mol. The van der Waals surface area contributed by atoms with E-state index in [0.717, 1.165) is 25.3 Å². The first-order valence-electron chi connectivity index (χ1n) is 6.10. The number of aryl methyl sites for hydroxylation is 1. The van der Waals surface area contributed by atoms with Crippen LogP contribution in [-0.4, -0.2) is 18.2 Å². The molecule has 1 saturated heterocycles. The van der Waals surface area contributed by atoms with Crippen molar-refractivity contribution in [3.8, 4) is 0 Å². The molecule has 1 aromatic rings. The van der Waals surface area contributed by atoms with Crippen LogP contribution in [0.2, 0.25) is 0 Å². The first-order chi connectivity index (χ1) is 7.43. The fraction of sp³-hybridized carbons (Fsp3) is 0.750. The maximum absolute atomic E-state index is 5.46. The molecule has 15 heavy (non-hydrogen) atoms. The molecule has 1 N–H and O–H groups in total. The lowest BCUT2D eigenvalue weighted by Crippen LogP contribution is -2.30. The molecule has 1 aliphatic carbocycles. The Bertz CT molecular complexity index is 339. The number of piperidine rings is 1. The number of rotatable bonds is 2. The van der Waals surface area contributed by atoms with Gasteiger partial charge in [0.05, 0.1) is 5.69 Å². The molecule has 0 aromatic carbocycles. The minimum absolute atomic E-state index is 0.761. The minimum Gasteiger partial charge on any atom is -0.361 e. The highest BCUT2D eigenvalue weighted by Crippen LogP contribution is 2.27. The first kappa shape index (κ1) is 9.40. The number of nitrogens with one attached hydrogen (secondary N) is 1. The summed E-state index contributed by atoms with van der Waals surface area (Å²) in [5.41, 5.74) is 2.66. The zero-order chi connectivity index (χ0) is 10.1. The Kier molecular flexibility index (Phi) is 2.49. The van der Waals surface area contributed by atoms with Crippen LogP contribution in [0.3, 0.4) is 0 Å². The number of hydrogen-bond acceptors (Lipinski definition) is 3. The van der Waals surface area contributed by atoms with Gasteiger partial charge in [-0.05, 0) is 51.1 Å². The Hall–Kier alpha value is -0.830. The number of hydrogen-bond donors (Lipinski definition) is 1. The van der Waals surface area contributed by atoms with E-state index in [0.29, 0.717) is 0 Å². The van der Waals surface area contributed by atoms with Crippen molar-refractivity contribution in [2.75, 3.05) is 13.1 Å². The summed E-state index contributed by atoms with van der Waals surface area (Å²) >= 11 is 0. The maximum atomic E-state index is 5.46. The number of aromatic nitrogens is 1. The van der Waals surface area contributed by atoms with E-state index < -0.39 is 0 Å². The molecule has 0 bridgehead atoms. The van der Waals surface area contributed by atoms with Crippen molar-refractivity contribution >= 4 is 0 Å². The third kappa shape index (κ3) is 1.81. The van der Waals surface area contributed by atoms with Crippen LogP contribution in [0.25, 0.3) is 0 Å². The van der Waals surface area contributed by atoms with Gasteiger partial charge >= 0.3 is 0 Å². The molecule has 0 amide bonds. The number of fused-ring (bicyclic) bond motifs is 1. The van der Waals surface area contributed by atoms with Crippen molar-refractivity contribution in [2.24, 2.45) is 5.92 Å². The van der Waals surface area contributed by atoms with Gasteiger partial charge in [0.25, 0.3) is 0 Å². The van der Waals surface area contributed by atoms with Gasteiger partial charge in [-0.2, -0.15) is 0 Å². The molecule has 3 heteroatoms. The van der Waals surface area contributed by atoms with Crippen LogP contribution in [0.4, 0.5) is 0 Å². The zero-order valence-electron chi connectivity index (χ0n) is 9.09. The van der Waals surface area contributed by atoms with Gasteiger partial charge in [0.15, 0.2) is 0 Å². The van der Waals surface area contributed by atoms with Gasteiger partial charge < -0.3 is 9.84 Å². The second-order valence-electron chi connectivity index (χ2n) is 4.80. The largest absolute Gasteiger partial charge is 0.361 e.